The second-order valence-corrected chi connectivity index (χ2v) is 13.1. The Morgan fingerprint density at radius 3 is 1.97 bits per heavy atom. The van der Waals surface area contributed by atoms with Crippen LogP contribution in [0.15, 0.2) is 0 Å². The number of esters is 1. The maximum atomic E-state index is 13.1. The number of nitrogens with zero attached hydrogens (tertiary/aromatic N) is 1. The van der Waals surface area contributed by atoms with Crippen LogP contribution in [0.25, 0.3) is 0 Å². The Morgan fingerprint density at radius 1 is 1.00 bits per heavy atom. The van der Waals surface area contributed by atoms with E-state index < -0.39 is 24.6 Å². The van der Waals surface area contributed by atoms with Crippen molar-refractivity contribution in [2.75, 3.05) is 47.0 Å². The van der Waals surface area contributed by atoms with Gasteiger partial charge in [-0.3, -0.25) is 18.6 Å². The number of amides is 1. The molecule has 3 unspecified atom stereocenters. The van der Waals surface area contributed by atoms with Gasteiger partial charge in [-0.15, -0.1) is 0 Å². The molecule has 9 nitrogen and oxygen atoms in total. The molecule has 0 aromatic heterocycles. The molecule has 0 heterocycles. The van der Waals surface area contributed by atoms with E-state index in [1.54, 1.807) is 0 Å². The molecule has 0 spiro atoms. The van der Waals surface area contributed by atoms with Gasteiger partial charge in [0.1, 0.15) is 19.8 Å². The van der Waals surface area contributed by atoms with Crippen LogP contribution in [0.5, 0.6) is 0 Å². The molecule has 0 aliphatic heterocycles. The highest BCUT2D eigenvalue weighted by Crippen LogP contribution is 2.48. The molecule has 10 heteroatoms. The van der Waals surface area contributed by atoms with E-state index >= 15 is 0 Å². The van der Waals surface area contributed by atoms with Crippen molar-refractivity contribution in [1.29, 1.82) is 0 Å². The van der Waals surface area contributed by atoms with E-state index in [-0.39, 0.29) is 37.2 Å². The van der Waals surface area contributed by atoms with Crippen LogP contribution in [-0.4, -0.2) is 74.3 Å². The van der Waals surface area contributed by atoms with Crippen molar-refractivity contribution < 1.29 is 37.3 Å². The molecule has 0 fully saturated rings. The van der Waals surface area contributed by atoms with Gasteiger partial charge < -0.3 is 19.4 Å². The van der Waals surface area contributed by atoms with Crippen molar-refractivity contribution >= 4 is 19.7 Å². The molecule has 202 valence electrons. The lowest BCUT2D eigenvalue weighted by atomic mass is 9.60. The van der Waals surface area contributed by atoms with E-state index in [4.69, 9.17) is 13.8 Å². The second-order valence-electron chi connectivity index (χ2n) is 11.6. The van der Waals surface area contributed by atoms with Crippen LogP contribution in [0, 0.1) is 16.2 Å². The van der Waals surface area contributed by atoms with Gasteiger partial charge in [-0.2, -0.15) is 0 Å². The first-order valence-electron chi connectivity index (χ1n) is 12.1. The second kappa shape index (κ2) is 12.8. The summed E-state index contributed by atoms with van der Waals surface area (Å²) in [6.07, 6.45) is 1.11. The minimum Gasteiger partial charge on any atom is -0.463 e. The smallest absolute Gasteiger partial charge is 0.463 e. The van der Waals surface area contributed by atoms with Gasteiger partial charge >= 0.3 is 13.8 Å². The zero-order chi connectivity index (χ0) is 27.0. The van der Waals surface area contributed by atoms with E-state index in [1.165, 1.54) is 6.92 Å². The zero-order valence-electron chi connectivity index (χ0n) is 23.3. The zero-order valence-corrected chi connectivity index (χ0v) is 24.2. The molecular formula is C24H50N2O7P+. The fourth-order valence-corrected chi connectivity index (χ4v) is 4.19. The lowest BCUT2D eigenvalue weighted by Crippen LogP contribution is -2.51. The normalized spacial score (nSPS) is 17.4. The molecule has 3 atom stereocenters. The third-order valence-corrected chi connectivity index (χ3v) is 8.18. The van der Waals surface area contributed by atoms with Gasteiger partial charge in [0.2, 0.25) is 5.91 Å². The Labute approximate surface area is 207 Å². The number of quaternary nitrogens is 1. The van der Waals surface area contributed by atoms with Crippen molar-refractivity contribution in [3.63, 3.8) is 0 Å². The molecule has 0 saturated heterocycles. The molecule has 0 radical (unpaired) electrons. The standard InChI is InChI=1S/C24H49N2O7P/c1-12-24(9,23(7,8)18-20(22(4,5)6)25-19(3)27)21(28)31-16-17-33-34(29,30)32-15-14-26(10,11)13-2/h20H,12-18H2,1-11H3,(H-,25,27,29,30)/p+1. The number of likely N-dealkylation sites (N-methyl/N-ethyl adjacent to an activating group) is 1. The summed E-state index contributed by atoms with van der Waals surface area (Å²) in [7, 11) is -0.226. The van der Waals surface area contributed by atoms with E-state index in [1.807, 2.05) is 48.7 Å². The number of phosphoric acid groups is 1. The summed E-state index contributed by atoms with van der Waals surface area (Å²) in [4.78, 5) is 34.7. The minimum atomic E-state index is -4.22. The van der Waals surface area contributed by atoms with Gasteiger partial charge in [0.25, 0.3) is 0 Å². The molecular weight excluding hydrogens is 459 g/mol. The molecule has 34 heavy (non-hydrogen) atoms. The first kappa shape index (κ1) is 33.0. The SMILES string of the molecule is CCC(C)(C(=O)OCCOP(=O)(O)OCC[N+](C)(C)CC)C(C)(C)CC(NC(C)=O)C(C)(C)C. The van der Waals surface area contributed by atoms with Crippen molar-refractivity contribution in [1.82, 2.24) is 5.32 Å². The van der Waals surface area contributed by atoms with Gasteiger partial charge in [-0.05, 0) is 37.5 Å². The number of hydrogen-bond donors (Lipinski definition) is 2. The highest BCUT2D eigenvalue weighted by Gasteiger charge is 2.49. The van der Waals surface area contributed by atoms with Crippen LogP contribution < -0.4 is 5.32 Å². The van der Waals surface area contributed by atoms with Gasteiger partial charge in [-0.25, -0.2) is 4.57 Å². The summed E-state index contributed by atoms with van der Waals surface area (Å²) in [5.74, 6) is -0.517. The summed E-state index contributed by atoms with van der Waals surface area (Å²) in [5, 5.41) is 3.02. The monoisotopic (exact) mass is 509 g/mol. The molecule has 0 bridgehead atoms. The molecule has 1 amide bonds. The Bertz CT molecular complexity index is 719. The Balaban J connectivity index is 5.01. The molecule has 0 aliphatic carbocycles. The number of carbonyl (C=O) groups is 2. The Kier molecular flexibility index (Phi) is 12.4. The average Bonchev–Trinajstić information content (AvgIpc) is 2.68. The van der Waals surface area contributed by atoms with Gasteiger partial charge in [0.05, 0.1) is 32.7 Å². The van der Waals surface area contributed by atoms with Crippen molar-refractivity contribution in [2.45, 2.75) is 81.2 Å². The number of nitrogens with one attached hydrogen (secondary N) is 1. The molecule has 2 N–H and O–H groups in total. The lowest BCUT2D eigenvalue weighted by molar-refractivity contribution is -0.888. The Morgan fingerprint density at radius 2 is 1.53 bits per heavy atom. The topological polar surface area (TPSA) is 111 Å². The maximum absolute atomic E-state index is 13.1. The van der Waals surface area contributed by atoms with E-state index in [0.717, 1.165) is 6.54 Å². The predicted octanol–water partition coefficient (Wildman–Crippen LogP) is 4.14. The highest BCUT2D eigenvalue weighted by atomic mass is 31.2. The van der Waals surface area contributed by atoms with Crippen molar-refractivity contribution in [3.05, 3.63) is 0 Å². The predicted molar refractivity (Wildman–Crippen MR) is 134 cm³/mol. The number of carbonyl (C=O) groups excluding carboxylic acids is 2. The quantitative estimate of drug-likeness (QED) is 0.148. The third-order valence-electron chi connectivity index (χ3n) is 7.17. The largest absolute Gasteiger partial charge is 0.472 e. The lowest BCUT2D eigenvalue weighted by Gasteiger charge is -2.46. The average molecular weight is 510 g/mol. The molecule has 0 aromatic carbocycles. The van der Waals surface area contributed by atoms with Crippen LogP contribution in [0.2, 0.25) is 0 Å². The summed E-state index contributed by atoms with van der Waals surface area (Å²) in [5.41, 5.74) is -1.53. The number of rotatable bonds is 15. The first-order valence-corrected chi connectivity index (χ1v) is 13.6. The van der Waals surface area contributed by atoms with Crippen LogP contribution in [0.4, 0.5) is 0 Å². The number of hydrogen-bond acceptors (Lipinski definition) is 6. The molecule has 0 rings (SSSR count). The molecule has 0 saturated carbocycles. The van der Waals surface area contributed by atoms with Gasteiger partial charge in [-0.1, -0.05) is 41.5 Å². The highest BCUT2D eigenvalue weighted by molar-refractivity contribution is 7.47. The van der Waals surface area contributed by atoms with Crippen LogP contribution in [0.1, 0.15) is 75.2 Å². The van der Waals surface area contributed by atoms with Crippen molar-refractivity contribution in [3.8, 4) is 0 Å². The number of ether oxygens (including phenoxy) is 1. The van der Waals surface area contributed by atoms with E-state index in [0.29, 0.717) is 23.9 Å². The third kappa shape index (κ3) is 10.7. The summed E-state index contributed by atoms with van der Waals surface area (Å²) >= 11 is 0. The summed E-state index contributed by atoms with van der Waals surface area (Å²) in [6, 6.07) is -0.129. The first-order chi connectivity index (χ1) is 15.2. The van der Waals surface area contributed by atoms with Gasteiger partial charge in [0, 0.05) is 13.0 Å². The van der Waals surface area contributed by atoms with Crippen LogP contribution in [0.3, 0.4) is 0 Å². The Hall–Kier alpha value is -0.990. The van der Waals surface area contributed by atoms with E-state index in [2.05, 4.69) is 26.1 Å². The van der Waals surface area contributed by atoms with Crippen molar-refractivity contribution in [2.24, 2.45) is 16.2 Å². The van der Waals surface area contributed by atoms with Gasteiger partial charge in [0.15, 0.2) is 0 Å². The van der Waals surface area contributed by atoms with Crippen LogP contribution in [-0.2, 0) is 27.9 Å². The fourth-order valence-electron chi connectivity index (χ4n) is 3.50. The minimum absolute atomic E-state index is 0.0831. The summed E-state index contributed by atoms with van der Waals surface area (Å²) < 4.78 is 28.2. The summed E-state index contributed by atoms with van der Waals surface area (Å²) in [6.45, 7) is 18.6. The molecule has 0 aliphatic rings. The van der Waals surface area contributed by atoms with E-state index in [9.17, 15) is 19.0 Å². The van der Waals surface area contributed by atoms with Crippen LogP contribution >= 0.6 is 7.82 Å². The fraction of sp³-hybridized carbons (Fsp3) is 0.917. The molecule has 0 aromatic rings. The number of phosphoric ester groups is 1. The maximum Gasteiger partial charge on any atom is 0.472 e.